The monoisotopic (exact) mass is 286 g/mol. The number of hydrogen-bond donors (Lipinski definition) is 1. The van der Waals surface area contributed by atoms with E-state index >= 15 is 0 Å². The Hall–Kier alpha value is -1.95. The summed E-state index contributed by atoms with van der Waals surface area (Å²) in [6, 6.07) is 8.29. The predicted octanol–water partition coefficient (Wildman–Crippen LogP) is 1.63. The van der Waals surface area contributed by atoms with Gasteiger partial charge in [-0.1, -0.05) is 12.1 Å². The van der Waals surface area contributed by atoms with Crippen LogP contribution in [0.15, 0.2) is 24.3 Å². The van der Waals surface area contributed by atoms with E-state index in [0.29, 0.717) is 0 Å². The van der Waals surface area contributed by atoms with Gasteiger partial charge in [-0.05, 0) is 61.5 Å². The van der Waals surface area contributed by atoms with E-state index in [0.717, 1.165) is 29.5 Å². The number of benzene rings is 1. The highest BCUT2D eigenvalue weighted by Gasteiger charge is 2.16. The first-order valence-electron chi connectivity index (χ1n) is 7.47. The normalized spacial score (nSPS) is 17.0. The van der Waals surface area contributed by atoms with Gasteiger partial charge in [-0.15, -0.1) is 5.10 Å². The average Bonchev–Trinajstić information content (AvgIpc) is 2.93. The van der Waals surface area contributed by atoms with Crippen LogP contribution in [0.3, 0.4) is 0 Å². The van der Waals surface area contributed by atoms with Crippen LogP contribution in [0.25, 0.3) is 11.4 Å². The summed E-state index contributed by atoms with van der Waals surface area (Å²) in [5.74, 6) is 1.55. The fourth-order valence-corrected chi connectivity index (χ4v) is 2.77. The fraction of sp³-hybridized carbons (Fsp3) is 0.533. The first-order chi connectivity index (χ1) is 10.2. The molecule has 0 saturated carbocycles. The third kappa shape index (κ3) is 3.39. The topological polar surface area (TPSA) is 58.9 Å². The molecule has 2 aromatic rings. The van der Waals surface area contributed by atoms with Crippen molar-refractivity contribution in [1.29, 1.82) is 0 Å². The summed E-state index contributed by atoms with van der Waals surface area (Å²) in [6.07, 6.45) is 2.55. The quantitative estimate of drug-likeness (QED) is 0.925. The molecule has 0 amide bonds. The minimum Gasteiger partial charge on any atom is -0.385 e. The van der Waals surface area contributed by atoms with Crippen molar-refractivity contribution < 1.29 is 0 Å². The highest BCUT2D eigenvalue weighted by molar-refractivity contribution is 5.62. The molecule has 1 aromatic carbocycles. The van der Waals surface area contributed by atoms with Crippen LogP contribution < -0.4 is 5.32 Å². The van der Waals surface area contributed by atoms with E-state index in [2.05, 4.69) is 44.9 Å². The molecule has 6 heteroatoms. The van der Waals surface area contributed by atoms with Crippen LogP contribution in [0, 0.1) is 5.92 Å². The SMILES string of the molecule is CN1CCC(CNc2cccc(-c3nnnn3C)c2)CC1. The molecule has 0 spiro atoms. The molecular weight excluding hydrogens is 264 g/mol. The Labute approximate surface area is 125 Å². The van der Waals surface area contributed by atoms with E-state index in [9.17, 15) is 0 Å². The molecule has 1 fully saturated rings. The van der Waals surface area contributed by atoms with E-state index in [1.54, 1.807) is 4.68 Å². The van der Waals surface area contributed by atoms with Crippen molar-refractivity contribution >= 4 is 5.69 Å². The second kappa shape index (κ2) is 6.22. The molecule has 6 nitrogen and oxygen atoms in total. The molecule has 1 N–H and O–H groups in total. The Morgan fingerprint density at radius 3 is 2.76 bits per heavy atom. The lowest BCUT2D eigenvalue weighted by Crippen LogP contribution is -2.32. The van der Waals surface area contributed by atoms with Gasteiger partial charge in [0.1, 0.15) is 0 Å². The van der Waals surface area contributed by atoms with Crippen molar-refractivity contribution in [2.45, 2.75) is 12.8 Å². The summed E-state index contributed by atoms with van der Waals surface area (Å²) in [5.41, 5.74) is 2.17. The highest BCUT2D eigenvalue weighted by Crippen LogP contribution is 2.21. The molecule has 1 aromatic heterocycles. The van der Waals surface area contributed by atoms with Crippen LogP contribution in [0.4, 0.5) is 5.69 Å². The minimum absolute atomic E-state index is 0.765. The highest BCUT2D eigenvalue weighted by atomic mass is 15.5. The van der Waals surface area contributed by atoms with Gasteiger partial charge in [-0.2, -0.15) is 0 Å². The number of anilines is 1. The van der Waals surface area contributed by atoms with Gasteiger partial charge >= 0.3 is 0 Å². The Morgan fingerprint density at radius 2 is 2.05 bits per heavy atom. The molecule has 1 aliphatic rings. The van der Waals surface area contributed by atoms with Gasteiger partial charge in [0.05, 0.1) is 0 Å². The van der Waals surface area contributed by atoms with Gasteiger partial charge in [-0.25, -0.2) is 4.68 Å². The summed E-state index contributed by atoms with van der Waals surface area (Å²) in [4.78, 5) is 2.40. The molecule has 2 heterocycles. The third-order valence-corrected chi connectivity index (χ3v) is 4.17. The van der Waals surface area contributed by atoms with Gasteiger partial charge in [-0.3, -0.25) is 0 Å². The Bertz CT molecular complexity index is 585. The number of tetrazole rings is 1. The van der Waals surface area contributed by atoms with Crippen molar-refractivity contribution in [2.24, 2.45) is 13.0 Å². The number of aromatic nitrogens is 4. The predicted molar refractivity (Wildman–Crippen MR) is 82.9 cm³/mol. The van der Waals surface area contributed by atoms with Crippen molar-refractivity contribution in [3.8, 4) is 11.4 Å². The van der Waals surface area contributed by atoms with E-state index in [-0.39, 0.29) is 0 Å². The molecule has 21 heavy (non-hydrogen) atoms. The van der Waals surface area contributed by atoms with Gasteiger partial charge in [0.15, 0.2) is 5.82 Å². The van der Waals surface area contributed by atoms with Gasteiger partial charge in [0.25, 0.3) is 0 Å². The minimum atomic E-state index is 0.765. The maximum Gasteiger partial charge on any atom is 0.181 e. The van der Waals surface area contributed by atoms with E-state index < -0.39 is 0 Å². The zero-order valence-electron chi connectivity index (χ0n) is 12.7. The van der Waals surface area contributed by atoms with E-state index in [1.807, 2.05) is 19.2 Å². The molecule has 0 aliphatic carbocycles. The van der Waals surface area contributed by atoms with E-state index in [1.165, 1.54) is 25.9 Å². The van der Waals surface area contributed by atoms with Crippen LogP contribution in [-0.4, -0.2) is 51.8 Å². The number of likely N-dealkylation sites (tertiary alicyclic amines) is 1. The van der Waals surface area contributed by atoms with Crippen molar-refractivity contribution in [3.05, 3.63) is 24.3 Å². The molecule has 0 atom stereocenters. The maximum absolute atomic E-state index is 4.05. The maximum atomic E-state index is 4.05. The molecule has 0 bridgehead atoms. The number of nitrogens with one attached hydrogen (secondary N) is 1. The van der Waals surface area contributed by atoms with Crippen LogP contribution in [0.5, 0.6) is 0 Å². The molecule has 0 radical (unpaired) electrons. The van der Waals surface area contributed by atoms with Crippen LogP contribution >= 0.6 is 0 Å². The Kier molecular flexibility index (Phi) is 4.15. The van der Waals surface area contributed by atoms with Gasteiger partial charge in [0.2, 0.25) is 0 Å². The fourth-order valence-electron chi connectivity index (χ4n) is 2.77. The smallest absolute Gasteiger partial charge is 0.181 e. The second-order valence-corrected chi connectivity index (χ2v) is 5.83. The number of hydrogen-bond acceptors (Lipinski definition) is 5. The van der Waals surface area contributed by atoms with Crippen molar-refractivity contribution in [3.63, 3.8) is 0 Å². The number of rotatable bonds is 4. The zero-order valence-corrected chi connectivity index (χ0v) is 12.7. The summed E-state index contributed by atoms with van der Waals surface area (Å²) in [6.45, 7) is 3.45. The Balaban J connectivity index is 1.63. The number of nitrogens with zero attached hydrogens (tertiary/aromatic N) is 5. The first kappa shape index (κ1) is 14.0. The summed E-state index contributed by atoms with van der Waals surface area (Å²) in [5, 5.41) is 15.2. The lowest BCUT2D eigenvalue weighted by molar-refractivity contribution is 0.226. The lowest BCUT2D eigenvalue weighted by atomic mass is 9.97. The second-order valence-electron chi connectivity index (χ2n) is 5.83. The standard InChI is InChI=1S/C15H22N6/c1-20-8-6-12(7-9-20)11-16-14-5-3-4-13(10-14)15-17-18-19-21(15)2/h3-5,10,12,16H,6-9,11H2,1-2H3. The number of piperidine rings is 1. The first-order valence-corrected chi connectivity index (χ1v) is 7.47. The molecular formula is C15H22N6. The average molecular weight is 286 g/mol. The Morgan fingerprint density at radius 1 is 1.24 bits per heavy atom. The van der Waals surface area contributed by atoms with Gasteiger partial charge in [0, 0.05) is 24.8 Å². The zero-order chi connectivity index (χ0) is 14.7. The van der Waals surface area contributed by atoms with Crippen molar-refractivity contribution in [1.82, 2.24) is 25.1 Å². The molecule has 112 valence electrons. The third-order valence-electron chi connectivity index (χ3n) is 4.17. The van der Waals surface area contributed by atoms with Crippen molar-refractivity contribution in [2.75, 3.05) is 32.0 Å². The van der Waals surface area contributed by atoms with Gasteiger partial charge < -0.3 is 10.2 Å². The molecule has 0 unspecified atom stereocenters. The summed E-state index contributed by atoms with van der Waals surface area (Å²) >= 11 is 0. The number of aryl methyl sites for hydroxylation is 1. The molecule has 1 aliphatic heterocycles. The summed E-state index contributed by atoms with van der Waals surface area (Å²) < 4.78 is 1.69. The van der Waals surface area contributed by atoms with Crippen LogP contribution in [0.2, 0.25) is 0 Å². The summed E-state index contributed by atoms with van der Waals surface area (Å²) in [7, 11) is 4.05. The van der Waals surface area contributed by atoms with Crippen LogP contribution in [-0.2, 0) is 7.05 Å². The molecule has 1 saturated heterocycles. The van der Waals surface area contributed by atoms with Crippen LogP contribution in [0.1, 0.15) is 12.8 Å². The molecule has 3 rings (SSSR count). The largest absolute Gasteiger partial charge is 0.385 e. The van der Waals surface area contributed by atoms with E-state index in [4.69, 9.17) is 0 Å². The lowest BCUT2D eigenvalue weighted by Gasteiger charge is -2.29.